The number of phenolic OH excluding ortho intramolecular Hbond substituents is 1. The van der Waals surface area contributed by atoms with E-state index in [1.165, 1.54) is 0 Å². The predicted molar refractivity (Wildman–Crippen MR) is 111 cm³/mol. The lowest BCUT2D eigenvalue weighted by Crippen LogP contribution is -2.17. The van der Waals surface area contributed by atoms with Crippen molar-refractivity contribution in [1.29, 1.82) is 0 Å². The maximum atomic E-state index is 11.8. The molecule has 138 valence electrons. The van der Waals surface area contributed by atoms with Gasteiger partial charge in [0.1, 0.15) is 17.2 Å². The van der Waals surface area contributed by atoms with E-state index in [-0.39, 0.29) is 11.7 Å². The van der Waals surface area contributed by atoms with Gasteiger partial charge in [0.05, 0.1) is 0 Å². The molecule has 0 aliphatic rings. The quantitative estimate of drug-likeness (QED) is 0.509. The standard InChI is InChI=1S/C24H19NO3/c1-25-24(27)18-8-6-17(7-9-18)22-15-10-16-4-2-3-5-21(16)23(22)28-20-13-11-19(26)12-14-20/h2-15,26H,1H3,(H,25,27). The minimum absolute atomic E-state index is 0.120. The van der Waals surface area contributed by atoms with Crippen molar-refractivity contribution in [2.45, 2.75) is 0 Å². The highest BCUT2D eigenvalue weighted by Gasteiger charge is 2.13. The lowest BCUT2D eigenvalue weighted by Gasteiger charge is -2.15. The second-order valence-electron chi connectivity index (χ2n) is 6.42. The zero-order valence-corrected chi connectivity index (χ0v) is 15.3. The van der Waals surface area contributed by atoms with E-state index in [2.05, 4.69) is 11.4 Å². The summed E-state index contributed by atoms with van der Waals surface area (Å²) >= 11 is 0. The number of hydrogen-bond donors (Lipinski definition) is 2. The minimum Gasteiger partial charge on any atom is -0.508 e. The highest BCUT2D eigenvalue weighted by Crippen LogP contribution is 2.39. The number of amides is 1. The summed E-state index contributed by atoms with van der Waals surface area (Å²) in [4.78, 5) is 11.8. The Morgan fingerprint density at radius 1 is 0.857 bits per heavy atom. The Bertz CT molecular complexity index is 1130. The van der Waals surface area contributed by atoms with Gasteiger partial charge < -0.3 is 15.2 Å². The molecule has 0 spiro atoms. The van der Waals surface area contributed by atoms with Gasteiger partial charge in [0, 0.05) is 23.6 Å². The maximum absolute atomic E-state index is 11.8. The van der Waals surface area contributed by atoms with Gasteiger partial charge in [0.25, 0.3) is 5.91 Å². The van der Waals surface area contributed by atoms with Gasteiger partial charge in [-0.25, -0.2) is 0 Å². The van der Waals surface area contributed by atoms with Crippen LogP contribution in [-0.4, -0.2) is 18.1 Å². The number of rotatable bonds is 4. The van der Waals surface area contributed by atoms with Crippen molar-refractivity contribution < 1.29 is 14.6 Å². The van der Waals surface area contributed by atoms with Crippen LogP contribution in [0.5, 0.6) is 17.2 Å². The van der Waals surface area contributed by atoms with Crippen LogP contribution in [-0.2, 0) is 0 Å². The van der Waals surface area contributed by atoms with Crippen molar-refractivity contribution in [3.05, 3.63) is 90.5 Å². The van der Waals surface area contributed by atoms with Crippen LogP contribution in [0.4, 0.5) is 0 Å². The van der Waals surface area contributed by atoms with E-state index in [1.807, 2.05) is 42.5 Å². The molecule has 0 aromatic heterocycles. The number of fused-ring (bicyclic) bond motifs is 1. The summed E-state index contributed by atoms with van der Waals surface area (Å²) in [5.41, 5.74) is 2.48. The summed E-state index contributed by atoms with van der Waals surface area (Å²) < 4.78 is 6.24. The molecule has 0 unspecified atom stereocenters. The van der Waals surface area contributed by atoms with Crippen molar-refractivity contribution in [3.8, 4) is 28.4 Å². The lowest BCUT2D eigenvalue weighted by molar-refractivity contribution is 0.0963. The number of benzene rings is 4. The average molecular weight is 369 g/mol. The molecule has 0 fully saturated rings. The van der Waals surface area contributed by atoms with E-state index in [9.17, 15) is 9.90 Å². The first-order valence-corrected chi connectivity index (χ1v) is 8.97. The van der Waals surface area contributed by atoms with Crippen LogP contribution in [0, 0.1) is 0 Å². The molecule has 1 amide bonds. The van der Waals surface area contributed by atoms with Gasteiger partial charge in [-0.15, -0.1) is 0 Å². The molecule has 4 aromatic rings. The van der Waals surface area contributed by atoms with Gasteiger partial charge in [-0.3, -0.25) is 4.79 Å². The van der Waals surface area contributed by atoms with Crippen LogP contribution in [0.15, 0.2) is 84.9 Å². The number of carbonyl (C=O) groups is 1. The van der Waals surface area contributed by atoms with E-state index in [1.54, 1.807) is 43.4 Å². The molecular formula is C24H19NO3. The Morgan fingerprint density at radius 3 is 2.29 bits per heavy atom. The van der Waals surface area contributed by atoms with Gasteiger partial charge >= 0.3 is 0 Å². The third-order valence-corrected chi connectivity index (χ3v) is 4.62. The van der Waals surface area contributed by atoms with E-state index in [4.69, 9.17) is 4.74 Å². The number of phenols is 1. The topological polar surface area (TPSA) is 58.6 Å². The Labute approximate surface area is 163 Å². The molecule has 0 saturated heterocycles. The zero-order valence-electron chi connectivity index (χ0n) is 15.3. The second kappa shape index (κ2) is 7.45. The summed E-state index contributed by atoms with van der Waals surface area (Å²) in [6, 6.07) is 26.2. The second-order valence-corrected chi connectivity index (χ2v) is 6.42. The van der Waals surface area contributed by atoms with E-state index >= 15 is 0 Å². The molecule has 0 bridgehead atoms. The Morgan fingerprint density at radius 2 is 1.57 bits per heavy atom. The smallest absolute Gasteiger partial charge is 0.251 e. The Hall–Kier alpha value is -3.79. The highest BCUT2D eigenvalue weighted by molar-refractivity contribution is 5.97. The molecule has 0 saturated carbocycles. The first kappa shape index (κ1) is 17.6. The van der Waals surface area contributed by atoms with Crippen molar-refractivity contribution in [2.75, 3.05) is 7.05 Å². The summed E-state index contributed by atoms with van der Waals surface area (Å²) in [5.74, 6) is 1.44. The maximum Gasteiger partial charge on any atom is 0.251 e. The first-order chi connectivity index (χ1) is 13.7. The molecule has 4 aromatic carbocycles. The van der Waals surface area contributed by atoms with E-state index < -0.39 is 0 Å². The summed E-state index contributed by atoms with van der Waals surface area (Å²) in [7, 11) is 1.61. The normalized spacial score (nSPS) is 10.6. The summed E-state index contributed by atoms with van der Waals surface area (Å²) in [6.07, 6.45) is 0. The van der Waals surface area contributed by atoms with Gasteiger partial charge in [-0.1, -0.05) is 42.5 Å². The molecule has 0 atom stereocenters. The van der Waals surface area contributed by atoms with Crippen LogP contribution in [0.2, 0.25) is 0 Å². The number of carbonyl (C=O) groups excluding carboxylic acids is 1. The Kier molecular flexibility index (Phi) is 4.68. The molecule has 0 heterocycles. The number of aromatic hydroxyl groups is 1. The molecule has 4 rings (SSSR count). The number of ether oxygens (including phenoxy) is 1. The minimum atomic E-state index is -0.120. The van der Waals surface area contributed by atoms with Crippen LogP contribution in [0.3, 0.4) is 0 Å². The van der Waals surface area contributed by atoms with Crippen molar-refractivity contribution >= 4 is 16.7 Å². The molecule has 28 heavy (non-hydrogen) atoms. The molecule has 0 aliphatic heterocycles. The fourth-order valence-electron chi connectivity index (χ4n) is 3.16. The van der Waals surface area contributed by atoms with Crippen LogP contribution < -0.4 is 10.1 Å². The first-order valence-electron chi connectivity index (χ1n) is 8.97. The van der Waals surface area contributed by atoms with Gasteiger partial charge in [-0.05, 0) is 53.4 Å². The summed E-state index contributed by atoms with van der Waals surface area (Å²) in [5, 5.41) is 14.2. The van der Waals surface area contributed by atoms with Crippen LogP contribution in [0.1, 0.15) is 10.4 Å². The van der Waals surface area contributed by atoms with E-state index in [0.29, 0.717) is 11.3 Å². The van der Waals surface area contributed by atoms with E-state index in [0.717, 1.165) is 27.6 Å². The highest BCUT2D eigenvalue weighted by atomic mass is 16.5. The summed E-state index contributed by atoms with van der Waals surface area (Å²) in [6.45, 7) is 0. The molecule has 0 radical (unpaired) electrons. The fraction of sp³-hybridized carbons (Fsp3) is 0.0417. The molecular weight excluding hydrogens is 350 g/mol. The lowest BCUT2D eigenvalue weighted by atomic mass is 9.98. The largest absolute Gasteiger partial charge is 0.508 e. The molecule has 2 N–H and O–H groups in total. The average Bonchev–Trinajstić information content (AvgIpc) is 2.75. The number of nitrogens with one attached hydrogen (secondary N) is 1. The van der Waals surface area contributed by atoms with Gasteiger partial charge in [0.2, 0.25) is 0 Å². The third-order valence-electron chi connectivity index (χ3n) is 4.62. The third kappa shape index (κ3) is 3.40. The molecule has 4 heteroatoms. The zero-order chi connectivity index (χ0) is 19.5. The van der Waals surface area contributed by atoms with Crippen molar-refractivity contribution in [1.82, 2.24) is 5.32 Å². The van der Waals surface area contributed by atoms with Crippen molar-refractivity contribution in [3.63, 3.8) is 0 Å². The van der Waals surface area contributed by atoms with Gasteiger partial charge in [-0.2, -0.15) is 0 Å². The fourth-order valence-corrected chi connectivity index (χ4v) is 3.16. The van der Waals surface area contributed by atoms with Crippen molar-refractivity contribution in [2.24, 2.45) is 0 Å². The van der Waals surface area contributed by atoms with Crippen LogP contribution in [0.25, 0.3) is 21.9 Å². The SMILES string of the molecule is CNC(=O)c1ccc(-c2ccc3ccccc3c2Oc2ccc(O)cc2)cc1. The number of hydrogen-bond acceptors (Lipinski definition) is 3. The monoisotopic (exact) mass is 369 g/mol. The van der Waals surface area contributed by atoms with Gasteiger partial charge in [0.15, 0.2) is 0 Å². The Balaban J connectivity index is 1.83. The molecule has 0 aliphatic carbocycles. The predicted octanol–water partition coefficient (Wildman–Crippen LogP) is 5.36. The van der Waals surface area contributed by atoms with Crippen LogP contribution >= 0.6 is 0 Å². The molecule has 4 nitrogen and oxygen atoms in total.